The van der Waals surface area contributed by atoms with Crippen LogP contribution in [0.4, 0.5) is 23.5 Å². The number of nitrogens with one attached hydrogen (secondary N) is 2. The van der Waals surface area contributed by atoms with E-state index in [0.717, 1.165) is 32.8 Å². The van der Waals surface area contributed by atoms with Crippen LogP contribution in [0.15, 0.2) is 72.8 Å². The molecule has 3 aromatic heterocycles. The van der Waals surface area contributed by atoms with Gasteiger partial charge in [-0.2, -0.15) is 0 Å². The lowest BCUT2D eigenvalue weighted by Gasteiger charge is -2.12. The van der Waals surface area contributed by atoms with Crippen LogP contribution in [0.3, 0.4) is 0 Å². The third kappa shape index (κ3) is 2.84. The molecular formula is C24H20N8. The Morgan fingerprint density at radius 3 is 1.41 bits per heavy atom. The van der Waals surface area contributed by atoms with Crippen molar-refractivity contribution in [2.45, 2.75) is 0 Å². The molecule has 0 amide bonds. The fraction of sp³-hybridized carbons (Fsp3) is 0.0833. The molecule has 0 unspecified atom stereocenters. The molecule has 6 rings (SSSR count). The SMILES string of the molecule is Cn1c(Nc2nnc(Nc3nc4ccccc4n3C)c3ccccc23)nc2ccccc21. The van der Waals surface area contributed by atoms with Gasteiger partial charge in [0.05, 0.1) is 22.1 Å². The lowest BCUT2D eigenvalue weighted by atomic mass is 10.1. The summed E-state index contributed by atoms with van der Waals surface area (Å²) < 4.78 is 4.02. The van der Waals surface area contributed by atoms with Crippen molar-refractivity contribution in [3.05, 3.63) is 72.8 Å². The molecule has 3 heterocycles. The summed E-state index contributed by atoms with van der Waals surface area (Å²) in [6.45, 7) is 0. The number of imidazole rings is 2. The highest BCUT2D eigenvalue weighted by Crippen LogP contribution is 2.30. The van der Waals surface area contributed by atoms with E-state index in [1.165, 1.54) is 0 Å². The maximum Gasteiger partial charge on any atom is 0.209 e. The van der Waals surface area contributed by atoms with E-state index in [1.54, 1.807) is 0 Å². The van der Waals surface area contributed by atoms with Crippen molar-refractivity contribution < 1.29 is 0 Å². The first-order valence-corrected chi connectivity index (χ1v) is 10.3. The predicted molar refractivity (Wildman–Crippen MR) is 128 cm³/mol. The molecule has 8 heteroatoms. The first kappa shape index (κ1) is 18.3. The van der Waals surface area contributed by atoms with Gasteiger partial charge in [0, 0.05) is 24.9 Å². The van der Waals surface area contributed by atoms with Gasteiger partial charge in [-0.1, -0.05) is 48.5 Å². The molecule has 0 aliphatic rings. The van der Waals surface area contributed by atoms with Gasteiger partial charge in [0.25, 0.3) is 0 Å². The smallest absolute Gasteiger partial charge is 0.209 e. The minimum absolute atomic E-state index is 0.648. The van der Waals surface area contributed by atoms with E-state index in [0.29, 0.717) is 23.5 Å². The van der Waals surface area contributed by atoms with Crippen LogP contribution in [0.5, 0.6) is 0 Å². The van der Waals surface area contributed by atoms with Crippen LogP contribution in [0.1, 0.15) is 0 Å². The minimum atomic E-state index is 0.648. The molecule has 0 aliphatic heterocycles. The molecule has 0 spiro atoms. The maximum absolute atomic E-state index is 4.70. The summed E-state index contributed by atoms with van der Waals surface area (Å²) in [5.74, 6) is 2.72. The molecule has 156 valence electrons. The monoisotopic (exact) mass is 420 g/mol. The molecule has 0 bridgehead atoms. The number of aromatic nitrogens is 6. The first-order valence-electron chi connectivity index (χ1n) is 10.3. The Labute approximate surface area is 183 Å². The molecule has 2 N–H and O–H groups in total. The van der Waals surface area contributed by atoms with Crippen molar-refractivity contribution in [1.29, 1.82) is 0 Å². The van der Waals surface area contributed by atoms with Gasteiger partial charge in [-0.3, -0.25) is 0 Å². The van der Waals surface area contributed by atoms with E-state index in [2.05, 4.69) is 20.8 Å². The van der Waals surface area contributed by atoms with Crippen LogP contribution in [-0.2, 0) is 14.1 Å². The number of anilines is 4. The predicted octanol–water partition coefficient (Wildman–Crippen LogP) is 4.89. The molecule has 0 atom stereocenters. The topological polar surface area (TPSA) is 85.5 Å². The zero-order chi connectivity index (χ0) is 21.7. The molecular weight excluding hydrogens is 400 g/mol. The van der Waals surface area contributed by atoms with Crippen molar-refractivity contribution in [2.24, 2.45) is 14.1 Å². The van der Waals surface area contributed by atoms with E-state index in [9.17, 15) is 0 Å². The molecule has 0 fully saturated rings. The highest BCUT2D eigenvalue weighted by atomic mass is 15.3. The minimum Gasteiger partial charge on any atom is -0.313 e. The fourth-order valence-corrected chi connectivity index (χ4v) is 4.01. The van der Waals surface area contributed by atoms with Crippen molar-refractivity contribution in [3.63, 3.8) is 0 Å². The van der Waals surface area contributed by atoms with Crippen molar-refractivity contribution in [2.75, 3.05) is 10.6 Å². The zero-order valence-electron chi connectivity index (χ0n) is 17.6. The molecule has 8 nitrogen and oxygen atoms in total. The first-order chi connectivity index (χ1) is 15.7. The Hall–Kier alpha value is -4.46. The van der Waals surface area contributed by atoms with Gasteiger partial charge in [-0.25, -0.2) is 9.97 Å². The number of para-hydroxylation sites is 4. The average Bonchev–Trinajstić information content (AvgIpc) is 3.32. The van der Waals surface area contributed by atoms with Gasteiger partial charge in [0.2, 0.25) is 11.9 Å². The quantitative estimate of drug-likeness (QED) is 0.422. The van der Waals surface area contributed by atoms with E-state index in [1.807, 2.05) is 96.0 Å². The van der Waals surface area contributed by atoms with Gasteiger partial charge >= 0.3 is 0 Å². The van der Waals surface area contributed by atoms with Crippen molar-refractivity contribution >= 4 is 56.4 Å². The number of hydrogen-bond acceptors (Lipinski definition) is 6. The van der Waals surface area contributed by atoms with E-state index in [4.69, 9.17) is 9.97 Å². The van der Waals surface area contributed by atoms with Crippen molar-refractivity contribution in [3.8, 4) is 0 Å². The van der Waals surface area contributed by atoms with Crippen LogP contribution in [0, 0.1) is 0 Å². The Morgan fingerprint density at radius 1 is 0.562 bits per heavy atom. The van der Waals surface area contributed by atoms with E-state index < -0.39 is 0 Å². The number of fused-ring (bicyclic) bond motifs is 3. The van der Waals surface area contributed by atoms with Crippen LogP contribution in [0.25, 0.3) is 32.8 Å². The van der Waals surface area contributed by atoms with Gasteiger partial charge in [-0.05, 0) is 24.3 Å². The molecule has 0 saturated heterocycles. The van der Waals surface area contributed by atoms with Gasteiger partial charge in [-0.15, -0.1) is 10.2 Å². The highest BCUT2D eigenvalue weighted by molar-refractivity contribution is 6.00. The second kappa shape index (κ2) is 7.05. The van der Waals surface area contributed by atoms with Crippen LogP contribution in [0.2, 0.25) is 0 Å². The average molecular weight is 420 g/mol. The highest BCUT2D eigenvalue weighted by Gasteiger charge is 2.15. The second-order valence-corrected chi connectivity index (χ2v) is 7.66. The van der Waals surface area contributed by atoms with Gasteiger partial charge < -0.3 is 19.8 Å². The molecule has 3 aromatic carbocycles. The van der Waals surface area contributed by atoms with Crippen molar-refractivity contribution in [1.82, 2.24) is 29.3 Å². The summed E-state index contributed by atoms with van der Waals surface area (Å²) in [6.07, 6.45) is 0. The molecule has 0 radical (unpaired) electrons. The maximum atomic E-state index is 4.70. The Bertz CT molecular complexity index is 1490. The summed E-state index contributed by atoms with van der Waals surface area (Å²) in [7, 11) is 3.96. The standard InChI is InChI=1S/C24H20N8/c1-31-19-13-7-5-11-17(19)25-23(31)27-21-15-9-3-4-10-16(15)22(30-29-21)28-24-26-18-12-6-8-14-20(18)32(24)2/h3-14H,1-2H3,(H,25,27,29)(H,26,28,30). The Kier molecular flexibility index (Phi) is 4.04. The number of aryl methyl sites for hydroxylation is 2. The normalized spacial score (nSPS) is 11.4. The lowest BCUT2D eigenvalue weighted by Crippen LogP contribution is -2.06. The Balaban J connectivity index is 1.42. The third-order valence-electron chi connectivity index (χ3n) is 5.72. The summed E-state index contributed by atoms with van der Waals surface area (Å²) in [5, 5.41) is 17.6. The summed E-state index contributed by atoms with van der Waals surface area (Å²) in [4.78, 5) is 9.39. The summed E-state index contributed by atoms with van der Waals surface area (Å²) >= 11 is 0. The fourth-order valence-electron chi connectivity index (χ4n) is 4.01. The van der Waals surface area contributed by atoms with E-state index in [-0.39, 0.29) is 0 Å². The van der Waals surface area contributed by atoms with Crippen LogP contribution in [-0.4, -0.2) is 29.3 Å². The second-order valence-electron chi connectivity index (χ2n) is 7.66. The molecule has 0 saturated carbocycles. The summed E-state index contributed by atoms with van der Waals surface area (Å²) in [6, 6.07) is 24.1. The van der Waals surface area contributed by atoms with Gasteiger partial charge in [0.15, 0.2) is 11.6 Å². The Morgan fingerprint density at radius 2 is 0.969 bits per heavy atom. The number of benzene rings is 3. The lowest BCUT2D eigenvalue weighted by molar-refractivity contribution is 0.942. The van der Waals surface area contributed by atoms with Gasteiger partial charge in [0.1, 0.15) is 0 Å². The third-order valence-corrected chi connectivity index (χ3v) is 5.72. The molecule has 0 aliphatic carbocycles. The molecule has 32 heavy (non-hydrogen) atoms. The number of nitrogens with zero attached hydrogens (tertiary/aromatic N) is 6. The number of hydrogen-bond donors (Lipinski definition) is 2. The van der Waals surface area contributed by atoms with Crippen LogP contribution >= 0.6 is 0 Å². The number of rotatable bonds is 4. The largest absolute Gasteiger partial charge is 0.313 e. The molecule has 6 aromatic rings. The van der Waals surface area contributed by atoms with Crippen LogP contribution < -0.4 is 10.6 Å². The summed E-state index contributed by atoms with van der Waals surface area (Å²) in [5.41, 5.74) is 3.95. The zero-order valence-corrected chi connectivity index (χ0v) is 17.6. The van der Waals surface area contributed by atoms with E-state index >= 15 is 0 Å².